The van der Waals surface area contributed by atoms with Gasteiger partial charge < -0.3 is 19.8 Å². The van der Waals surface area contributed by atoms with Gasteiger partial charge in [-0.3, -0.25) is 4.79 Å². The number of nitrogens with zero attached hydrogens (tertiary/aromatic N) is 3. The van der Waals surface area contributed by atoms with E-state index in [4.69, 9.17) is 4.42 Å². The molecule has 0 saturated heterocycles. The third-order valence-corrected chi connectivity index (χ3v) is 4.28. The second-order valence-corrected chi connectivity index (χ2v) is 6.48. The molecule has 1 N–H and O–H groups in total. The van der Waals surface area contributed by atoms with Crippen molar-refractivity contribution < 1.29 is 14.1 Å². The highest BCUT2D eigenvalue weighted by Crippen LogP contribution is 2.23. The summed E-state index contributed by atoms with van der Waals surface area (Å²) in [7, 11) is 0. The molecule has 0 radical (unpaired) electrons. The van der Waals surface area contributed by atoms with E-state index in [9.17, 15) is 14.9 Å². The molecule has 2 heterocycles. The zero-order chi connectivity index (χ0) is 18.7. The second-order valence-electron chi connectivity index (χ2n) is 5.63. The highest BCUT2D eigenvalue weighted by molar-refractivity contribution is 9.10. The zero-order valence-corrected chi connectivity index (χ0v) is 15.3. The average Bonchev–Trinajstić information content (AvgIpc) is 3.22. The van der Waals surface area contributed by atoms with Gasteiger partial charge in [-0.15, -0.1) is 0 Å². The van der Waals surface area contributed by atoms with Crippen LogP contribution in [0.3, 0.4) is 0 Å². The summed E-state index contributed by atoms with van der Waals surface area (Å²) in [4.78, 5) is 22.6. The molecule has 8 nitrogen and oxygen atoms in total. The van der Waals surface area contributed by atoms with Crippen LogP contribution in [-0.2, 0) is 6.54 Å². The van der Waals surface area contributed by atoms with E-state index in [-0.39, 0.29) is 34.5 Å². The van der Waals surface area contributed by atoms with Crippen molar-refractivity contribution in [3.63, 3.8) is 0 Å². The molecule has 0 aliphatic rings. The molecule has 9 heteroatoms. The Labute approximate surface area is 157 Å². The van der Waals surface area contributed by atoms with Crippen molar-refractivity contribution in [1.29, 1.82) is 0 Å². The lowest BCUT2D eigenvalue weighted by atomic mass is 10.1. The van der Waals surface area contributed by atoms with E-state index in [1.54, 1.807) is 12.1 Å². The molecule has 134 valence electrons. The number of nitro groups is 1. The Balaban J connectivity index is 1.66. The van der Waals surface area contributed by atoms with Gasteiger partial charge in [0.2, 0.25) is 0 Å². The molecule has 0 bridgehead atoms. The summed E-state index contributed by atoms with van der Waals surface area (Å²) in [6.45, 7) is 2.06. The standard InChI is InChI=1S/C17H15BrN4O4/c1-11(12-5-3-2-4-6-12)19-17(23)15-8-7-13(26-15)9-21-10-14(18)16(20-21)22(24)25/h2-8,10-11H,9H2,1H3,(H,19,23). The number of furan rings is 1. The van der Waals surface area contributed by atoms with Crippen LogP contribution in [0.25, 0.3) is 0 Å². The van der Waals surface area contributed by atoms with Crippen LogP contribution in [-0.4, -0.2) is 20.6 Å². The predicted molar refractivity (Wildman–Crippen MR) is 96.7 cm³/mol. The number of amides is 1. The predicted octanol–water partition coefficient (Wildman–Crippen LogP) is 3.69. The van der Waals surface area contributed by atoms with Crippen molar-refractivity contribution in [2.75, 3.05) is 0 Å². The van der Waals surface area contributed by atoms with Gasteiger partial charge in [0.05, 0.1) is 17.3 Å². The normalized spacial score (nSPS) is 11.9. The van der Waals surface area contributed by atoms with Crippen molar-refractivity contribution in [2.45, 2.75) is 19.5 Å². The van der Waals surface area contributed by atoms with Gasteiger partial charge in [0, 0.05) is 0 Å². The molecule has 3 aromatic rings. The third-order valence-electron chi connectivity index (χ3n) is 3.72. The van der Waals surface area contributed by atoms with E-state index >= 15 is 0 Å². The number of halogens is 1. The van der Waals surface area contributed by atoms with Crippen LogP contribution in [0.2, 0.25) is 0 Å². The van der Waals surface area contributed by atoms with Gasteiger partial charge in [0.1, 0.15) is 16.8 Å². The summed E-state index contributed by atoms with van der Waals surface area (Å²) in [6, 6.07) is 12.6. The van der Waals surface area contributed by atoms with Gasteiger partial charge in [-0.25, -0.2) is 0 Å². The van der Waals surface area contributed by atoms with E-state index in [2.05, 4.69) is 26.3 Å². The van der Waals surface area contributed by atoms with Crippen molar-refractivity contribution in [3.05, 3.63) is 80.3 Å². The minimum absolute atomic E-state index is 0.165. The molecule has 0 fully saturated rings. The SMILES string of the molecule is CC(NC(=O)c1ccc(Cn2cc(Br)c([N+](=O)[O-])n2)o1)c1ccccc1. The molecule has 3 rings (SSSR count). The summed E-state index contributed by atoms with van der Waals surface area (Å²) >= 11 is 3.09. The minimum atomic E-state index is -0.577. The lowest BCUT2D eigenvalue weighted by Crippen LogP contribution is -2.26. The molecule has 2 aromatic heterocycles. The summed E-state index contributed by atoms with van der Waals surface area (Å²) < 4.78 is 7.19. The van der Waals surface area contributed by atoms with Crippen LogP contribution in [0, 0.1) is 10.1 Å². The van der Waals surface area contributed by atoms with E-state index in [1.807, 2.05) is 37.3 Å². The number of carbonyl (C=O) groups excluding carboxylic acids is 1. The summed E-state index contributed by atoms with van der Waals surface area (Å²) in [5.74, 6) is 0.0300. The number of aromatic nitrogens is 2. The Morgan fingerprint density at radius 1 is 1.35 bits per heavy atom. The molecular weight excluding hydrogens is 404 g/mol. The number of hydrogen-bond donors (Lipinski definition) is 1. The van der Waals surface area contributed by atoms with Crippen LogP contribution < -0.4 is 5.32 Å². The molecule has 1 amide bonds. The number of benzene rings is 1. The maximum atomic E-state index is 12.3. The Morgan fingerprint density at radius 2 is 2.08 bits per heavy atom. The summed E-state index contributed by atoms with van der Waals surface area (Å²) in [6.07, 6.45) is 1.48. The van der Waals surface area contributed by atoms with E-state index in [0.717, 1.165) is 5.56 Å². The third kappa shape index (κ3) is 3.99. The Bertz CT molecular complexity index is 935. The van der Waals surface area contributed by atoms with Gasteiger partial charge in [0.15, 0.2) is 5.76 Å². The molecule has 26 heavy (non-hydrogen) atoms. The van der Waals surface area contributed by atoms with Gasteiger partial charge in [-0.2, -0.15) is 4.68 Å². The monoisotopic (exact) mass is 418 g/mol. The minimum Gasteiger partial charge on any atom is -0.454 e. The quantitative estimate of drug-likeness (QED) is 0.485. The van der Waals surface area contributed by atoms with Gasteiger partial charge in [-0.1, -0.05) is 30.3 Å². The zero-order valence-electron chi connectivity index (χ0n) is 13.8. The van der Waals surface area contributed by atoms with Crippen LogP contribution in [0.5, 0.6) is 0 Å². The largest absolute Gasteiger partial charge is 0.454 e. The van der Waals surface area contributed by atoms with Crippen molar-refractivity contribution in [3.8, 4) is 0 Å². The van der Waals surface area contributed by atoms with Crippen LogP contribution in [0.1, 0.15) is 34.8 Å². The maximum absolute atomic E-state index is 12.3. The second kappa shape index (κ2) is 7.52. The molecular formula is C17H15BrN4O4. The topological polar surface area (TPSA) is 103 Å². The number of hydrogen-bond acceptors (Lipinski definition) is 5. The van der Waals surface area contributed by atoms with E-state index in [0.29, 0.717) is 5.76 Å². The molecule has 0 spiro atoms. The first kappa shape index (κ1) is 17.9. The lowest BCUT2D eigenvalue weighted by molar-refractivity contribution is -0.390. The van der Waals surface area contributed by atoms with Gasteiger partial charge in [-0.05, 0) is 45.5 Å². The lowest BCUT2D eigenvalue weighted by Gasteiger charge is -2.13. The number of rotatable bonds is 6. The Morgan fingerprint density at radius 3 is 2.73 bits per heavy atom. The van der Waals surface area contributed by atoms with Crippen LogP contribution in [0.4, 0.5) is 5.82 Å². The highest BCUT2D eigenvalue weighted by atomic mass is 79.9. The first-order valence-corrected chi connectivity index (χ1v) is 8.55. The molecule has 1 unspecified atom stereocenters. The van der Waals surface area contributed by atoms with Crippen molar-refractivity contribution in [1.82, 2.24) is 15.1 Å². The van der Waals surface area contributed by atoms with Gasteiger partial charge in [0.25, 0.3) is 5.91 Å². The number of nitrogens with one attached hydrogen (secondary N) is 1. The van der Waals surface area contributed by atoms with Gasteiger partial charge >= 0.3 is 5.82 Å². The molecule has 1 atom stereocenters. The van der Waals surface area contributed by atoms with Crippen LogP contribution in [0.15, 0.2) is 57.6 Å². The fraction of sp³-hybridized carbons (Fsp3) is 0.176. The maximum Gasteiger partial charge on any atom is 0.404 e. The number of carbonyl (C=O) groups is 1. The van der Waals surface area contributed by atoms with Crippen molar-refractivity contribution >= 4 is 27.7 Å². The molecule has 1 aromatic carbocycles. The molecule has 0 aliphatic carbocycles. The first-order valence-electron chi connectivity index (χ1n) is 7.76. The van der Waals surface area contributed by atoms with E-state index in [1.165, 1.54) is 10.9 Å². The fourth-order valence-corrected chi connectivity index (χ4v) is 2.89. The van der Waals surface area contributed by atoms with Crippen molar-refractivity contribution in [2.24, 2.45) is 0 Å². The Kier molecular flexibility index (Phi) is 5.17. The fourth-order valence-electron chi connectivity index (χ4n) is 2.43. The Hall–Kier alpha value is -2.94. The summed E-state index contributed by atoms with van der Waals surface area (Å²) in [5.41, 5.74) is 0.987. The van der Waals surface area contributed by atoms with E-state index < -0.39 is 4.92 Å². The highest BCUT2D eigenvalue weighted by Gasteiger charge is 2.20. The average molecular weight is 419 g/mol. The smallest absolute Gasteiger partial charge is 0.404 e. The van der Waals surface area contributed by atoms with Crippen LogP contribution >= 0.6 is 15.9 Å². The molecule has 0 aliphatic heterocycles. The summed E-state index contributed by atoms with van der Waals surface area (Å²) in [5, 5.41) is 17.5. The first-order chi connectivity index (χ1) is 12.4. The molecule has 0 saturated carbocycles.